The molecule has 0 fully saturated rings. The average molecular weight is 442 g/mol. The Morgan fingerprint density at radius 1 is 1.10 bits per heavy atom. The van der Waals surface area contributed by atoms with Gasteiger partial charge < -0.3 is 10.1 Å². The number of hydrogen-bond acceptors (Lipinski definition) is 5. The molecule has 4 rings (SSSR count). The number of carbonyl (C=O) groups is 1. The van der Waals surface area contributed by atoms with Gasteiger partial charge in [-0.05, 0) is 56.3 Å². The summed E-state index contributed by atoms with van der Waals surface area (Å²) >= 11 is 12.0. The maximum absolute atomic E-state index is 12.6. The molecule has 1 N–H and O–H groups in total. The summed E-state index contributed by atoms with van der Waals surface area (Å²) in [5, 5.41) is 16.3. The van der Waals surface area contributed by atoms with Crippen molar-refractivity contribution in [2.45, 2.75) is 20.0 Å². The Bertz CT molecular complexity index is 1240. The van der Waals surface area contributed by atoms with Crippen molar-refractivity contribution in [2.75, 3.05) is 5.32 Å². The van der Waals surface area contributed by atoms with Crippen molar-refractivity contribution in [1.29, 1.82) is 0 Å². The number of rotatable bonds is 5. The van der Waals surface area contributed by atoms with Crippen molar-refractivity contribution in [2.24, 2.45) is 0 Å². The predicted molar refractivity (Wildman–Crippen MR) is 116 cm³/mol. The highest BCUT2D eigenvalue weighted by molar-refractivity contribution is 6.35. The number of carbonyl (C=O) groups excluding carboxylic acids is 1. The van der Waals surface area contributed by atoms with E-state index in [-0.39, 0.29) is 5.91 Å². The maximum Gasteiger partial charge on any atom is 0.265 e. The van der Waals surface area contributed by atoms with Gasteiger partial charge in [-0.2, -0.15) is 9.61 Å². The third-order valence-electron chi connectivity index (χ3n) is 4.41. The van der Waals surface area contributed by atoms with E-state index < -0.39 is 6.10 Å². The van der Waals surface area contributed by atoms with Crippen LogP contribution in [0.4, 0.5) is 5.69 Å². The Morgan fingerprint density at radius 3 is 2.73 bits per heavy atom. The molecular weight excluding hydrogens is 425 g/mol. The standard InChI is InChI=1S/C21H17Cl2N5O2/c1-12(30-19-8-6-15(22)11-17(19)23)21(29)24-16-5-3-4-14(10-16)18-7-9-20-26-25-13(2)28(20)27-18/h3-12H,1-2H3,(H,24,29). The number of aromatic nitrogens is 4. The molecule has 1 atom stereocenters. The molecule has 0 radical (unpaired) electrons. The molecule has 30 heavy (non-hydrogen) atoms. The lowest BCUT2D eigenvalue weighted by molar-refractivity contribution is -0.122. The molecule has 0 aliphatic carbocycles. The molecule has 0 aliphatic rings. The highest BCUT2D eigenvalue weighted by atomic mass is 35.5. The van der Waals surface area contributed by atoms with E-state index in [4.69, 9.17) is 27.9 Å². The zero-order chi connectivity index (χ0) is 21.3. The topological polar surface area (TPSA) is 81.4 Å². The number of ether oxygens (including phenoxy) is 1. The molecule has 2 heterocycles. The SMILES string of the molecule is Cc1nnc2ccc(-c3cccc(NC(=O)C(C)Oc4ccc(Cl)cc4Cl)c3)nn12. The lowest BCUT2D eigenvalue weighted by Crippen LogP contribution is -2.30. The van der Waals surface area contributed by atoms with Crippen molar-refractivity contribution in [3.05, 3.63) is 70.5 Å². The summed E-state index contributed by atoms with van der Waals surface area (Å²) in [6.45, 7) is 3.48. The van der Waals surface area contributed by atoms with Crippen LogP contribution >= 0.6 is 23.2 Å². The minimum absolute atomic E-state index is 0.309. The van der Waals surface area contributed by atoms with Gasteiger partial charge in [-0.25, -0.2) is 0 Å². The highest BCUT2D eigenvalue weighted by Gasteiger charge is 2.17. The number of nitrogens with zero attached hydrogens (tertiary/aromatic N) is 4. The van der Waals surface area contributed by atoms with Crippen LogP contribution in [0, 0.1) is 6.92 Å². The van der Waals surface area contributed by atoms with Gasteiger partial charge in [-0.3, -0.25) is 4.79 Å². The minimum atomic E-state index is -0.763. The molecule has 0 aliphatic heterocycles. The third-order valence-corrected chi connectivity index (χ3v) is 4.94. The zero-order valence-electron chi connectivity index (χ0n) is 16.1. The molecule has 9 heteroatoms. The first kappa shape index (κ1) is 20.1. The monoisotopic (exact) mass is 441 g/mol. The fraction of sp³-hybridized carbons (Fsp3) is 0.143. The van der Waals surface area contributed by atoms with Gasteiger partial charge in [0, 0.05) is 16.3 Å². The average Bonchev–Trinajstić information content (AvgIpc) is 3.10. The summed E-state index contributed by atoms with van der Waals surface area (Å²) in [5.74, 6) is 0.777. The molecule has 1 unspecified atom stereocenters. The van der Waals surface area contributed by atoms with Crippen molar-refractivity contribution in [3.63, 3.8) is 0 Å². The summed E-state index contributed by atoms with van der Waals surface area (Å²) in [5.41, 5.74) is 2.88. The molecule has 4 aromatic rings. The quantitative estimate of drug-likeness (QED) is 0.480. The van der Waals surface area contributed by atoms with Gasteiger partial charge in [0.2, 0.25) is 0 Å². The minimum Gasteiger partial charge on any atom is -0.479 e. The Balaban J connectivity index is 1.50. The van der Waals surface area contributed by atoms with E-state index >= 15 is 0 Å². The second kappa shape index (κ2) is 8.30. The number of benzene rings is 2. The van der Waals surface area contributed by atoms with E-state index in [0.717, 1.165) is 11.3 Å². The second-order valence-electron chi connectivity index (χ2n) is 6.64. The van der Waals surface area contributed by atoms with Crippen LogP contribution in [-0.4, -0.2) is 31.8 Å². The molecule has 7 nitrogen and oxygen atoms in total. The van der Waals surface area contributed by atoms with Crippen LogP contribution in [0.25, 0.3) is 16.9 Å². The fourth-order valence-electron chi connectivity index (χ4n) is 2.87. The van der Waals surface area contributed by atoms with Gasteiger partial charge in [0.15, 0.2) is 17.6 Å². The largest absolute Gasteiger partial charge is 0.479 e. The van der Waals surface area contributed by atoms with Gasteiger partial charge in [0.25, 0.3) is 5.91 Å². The number of halogens is 2. The first-order valence-corrected chi connectivity index (χ1v) is 9.88. The number of hydrogen-bond donors (Lipinski definition) is 1. The van der Waals surface area contributed by atoms with Crippen LogP contribution < -0.4 is 10.1 Å². The second-order valence-corrected chi connectivity index (χ2v) is 7.48. The Labute approximate surface area is 182 Å². The predicted octanol–water partition coefficient (Wildman–Crippen LogP) is 4.81. The summed E-state index contributed by atoms with van der Waals surface area (Å²) in [6.07, 6.45) is -0.763. The molecule has 152 valence electrons. The normalized spacial score (nSPS) is 12.0. The zero-order valence-corrected chi connectivity index (χ0v) is 17.6. The summed E-state index contributed by atoms with van der Waals surface area (Å²) in [7, 11) is 0. The molecular formula is C21H17Cl2N5O2. The van der Waals surface area contributed by atoms with Crippen LogP contribution in [-0.2, 0) is 4.79 Å². The van der Waals surface area contributed by atoms with Gasteiger partial charge in [0.1, 0.15) is 5.75 Å². The van der Waals surface area contributed by atoms with Crippen LogP contribution in [0.3, 0.4) is 0 Å². The van der Waals surface area contributed by atoms with E-state index in [1.54, 1.807) is 35.7 Å². The van der Waals surface area contributed by atoms with Gasteiger partial charge in [0.05, 0.1) is 10.7 Å². The summed E-state index contributed by atoms with van der Waals surface area (Å²) in [4.78, 5) is 12.6. The van der Waals surface area contributed by atoms with Crippen LogP contribution in [0.2, 0.25) is 10.0 Å². The van der Waals surface area contributed by atoms with Crippen molar-refractivity contribution >= 4 is 40.4 Å². The Kier molecular flexibility index (Phi) is 5.57. The molecule has 1 amide bonds. The lowest BCUT2D eigenvalue weighted by Gasteiger charge is -2.16. The number of anilines is 1. The van der Waals surface area contributed by atoms with E-state index in [9.17, 15) is 4.79 Å². The first-order chi connectivity index (χ1) is 14.4. The molecule has 0 spiro atoms. The van der Waals surface area contributed by atoms with E-state index in [2.05, 4.69) is 20.6 Å². The maximum atomic E-state index is 12.6. The van der Waals surface area contributed by atoms with Crippen LogP contribution in [0.15, 0.2) is 54.6 Å². The van der Waals surface area contributed by atoms with Crippen molar-refractivity contribution in [1.82, 2.24) is 19.8 Å². The van der Waals surface area contributed by atoms with Crippen molar-refractivity contribution in [3.8, 4) is 17.0 Å². The first-order valence-electron chi connectivity index (χ1n) is 9.13. The number of amides is 1. The molecule has 0 saturated carbocycles. The van der Waals surface area contributed by atoms with Crippen LogP contribution in [0.5, 0.6) is 5.75 Å². The van der Waals surface area contributed by atoms with E-state index in [0.29, 0.717) is 33.0 Å². The summed E-state index contributed by atoms with van der Waals surface area (Å²) in [6, 6.07) is 15.9. The third kappa shape index (κ3) is 4.22. The Morgan fingerprint density at radius 2 is 1.93 bits per heavy atom. The fourth-order valence-corrected chi connectivity index (χ4v) is 3.32. The molecule has 2 aromatic heterocycles. The smallest absolute Gasteiger partial charge is 0.265 e. The van der Waals surface area contributed by atoms with Gasteiger partial charge in [-0.15, -0.1) is 10.2 Å². The van der Waals surface area contributed by atoms with Gasteiger partial charge >= 0.3 is 0 Å². The Hall–Kier alpha value is -3.16. The lowest BCUT2D eigenvalue weighted by atomic mass is 10.1. The van der Waals surface area contributed by atoms with E-state index in [1.165, 1.54) is 0 Å². The molecule has 0 saturated heterocycles. The summed E-state index contributed by atoms with van der Waals surface area (Å²) < 4.78 is 7.34. The number of nitrogens with one attached hydrogen (secondary N) is 1. The number of aryl methyl sites for hydroxylation is 1. The van der Waals surface area contributed by atoms with E-state index in [1.807, 2.05) is 37.3 Å². The highest BCUT2D eigenvalue weighted by Crippen LogP contribution is 2.28. The van der Waals surface area contributed by atoms with Crippen molar-refractivity contribution < 1.29 is 9.53 Å². The molecule has 0 bridgehead atoms. The van der Waals surface area contributed by atoms with Crippen LogP contribution in [0.1, 0.15) is 12.7 Å². The molecule has 2 aromatic carbocycles. The van der Waals surface area contributed by atoms with Gasteiger partial charge in [-0.1, -0.05) is 35.3 Å². The number of fused-ring (bicyclic) bond motifs is 1.